The molecule has 4 rings (SSSR count). The first-order chi connectivity index (χ1) is 13.6. The van der Waals surface area contributed by atoms with Crippen molar-refractivity contribution in [2.45, 2.75) is 12.8 Å². The predicted molar refractivity (Wildman–Crippen MR) is 105 cm³/mol. The largest absolute Gasteiger partial charge is 0.338 e. The van der Waals surface area contributed by atoms with Crippen LogP contribution >= 0.6 is 0 Å². The highest BCUT2D eigenvalue weighted by Gasteiger charge is 2.30. The Morgan fingerprint density at radius 2 is 1.86 bits per heavy atom. The summed E-state index contributed by atoms with van der Waals surface area (Å²) in [7, 11) is 0. The molecule has 28 heavy (non-hydrogen) atoms. The van der Waals surface area contributed by atoms with E-state index in [1.807, 2.05) is 30.3 Å². The second-order valence-corrected chi connectivity index (χ2v) is 6.85. The van der Waals surface area contributed by atoms with Crippen molar-refractivity contribution >= 4 is 23.1 Å². The average Bonchev–Trinajstić information content (AvgIpc) is 2.74. The third kappa shape index (κ3) is 3.51. The molecule has 7 nitrogen and oxygen atoms in total. The number of anilines is 1. The van der Waals surface area contributed by atoms with Crippen molar-refractivity contribution in [1.82, 2.24) is 14.3 Å². The van der Waals surface area contributed by atoms with Crippen molar-refractivity contribution in [1.29, 1.82) is 0 Å². The molecule has 3 heterocycles. The third-order valence-corrected chi connectivity index (χ3v) is 4.96. The van der Waals surface area contributed by atoms with Gasteiger partial charge >= 0.3 is 0 Å². The molecule has 1 aromatic carbocycles. The molecule has 2 amide bonds. The minimum atomic E-state index is -0.397. The maximum Gasteiger partial charge on any atom is 0.270 e. The number of nitrogens with zero attached hydrogens (tertiary/aromatic N) is 3. The fourth-order valence-corrected chi connectivity index (χ4v) is 3.49. The summed E-state index contributed by atoms with van der Waals surface area (Å²) >= 11 is 0. The van der Waals surface area contributed by atoms with Gasteiger partial charge in [-0.25, -0.2) is 4.98 Å². The molecule has 1 saturated heterocycles. The minimum Gasteiger partial charge on any atom is -0.338 e. The van der Waals surface area contributed by atoms with Crippen molar-refractivity contribution in [2.75, 3.05) is 18.4 Å². The molecule has 1 aliphatic heterocycles. The van der Waals surface area contributed by atoms with E-state index in [1.54, 1.807) is 29.3 Å². The summed E-state index contributed by atoms with van der Waals surface area (Å²) in [5.74, 6) is -0.806. The van der Waals surface area contributed by atoms with Gasteiger partial charge in [0, 0.05) is 31.2 Å². The number of likely N-dealkylation sites (tertiary alicyclic amines) is 1. The van der Waals surface area contributed by atoms with E-state index in [0.29, 0.717) is 25.0 Å². The smallest absolute Gasteiger partial charge is 0.270 e. The third-order valence-electron chi connectivity index (χ3n) is 4.96. The van der Waals surface area contributed by atoms with Gasteiger partial charge in [0.2, 0.25) is 5.91 Å². The van der Waals surface area contributed by atoms with Crippen LogP contribution in [0.4, 0.5) is 5.69 Å². The van der Waals surface area contributed by atoms with Gasteiger partial charge in [0.05, 0.1) is 5.92 Å². The molecule has 1 unspecified atom stereocenters. The van der Waals surface area contributed by atoms with Gasteiger partial charge < -0.3 is 10.2 Å². The number of carbonyl (C=O) groups excluding carboxylic acids is 2. The summed E-state index contributed by atoms with van der Waals surface area (Å²) in [5, 5.41) is 2.89. The molecule has 0 bridgehead atoms. The Kier molecular flexibility index (Phi) is 4.89. The number of aromatic nitrogens is 2. The zero-order valence-electron chi connectivity index (χ0n) is 15.2. The molecule has 0 saturated carbocycles. The summed E-state index contributed by atoms with van der Waals surface area (Å²) in [5.41, 5.74) is 0.843. The van der Waals surface area contributed by atoms with E-state index < -0.39 is 5.56 Å². The molecule has 7 heteroatoms. The van der Waals surface area contributed by atoms with E-state index in [0.717, 1.165) is 5.69 Å². The Labute approximate surface area is 161 Å². The van der Waals surface area contributed by atoms with E-state index in [4.69, 9.17) is 0 Å². The van der Waals surface area contributed by atoms with E-state index in [1.165, 1.54) is 10.6 Å². The molecule has 1 atom stereocenters. The summed E-state index contributed by atoms with van der Waals surface area (Å²) in [4.78, 5) is 44.0. The number of pyridine rings is 1. The van der Waals surface area contributed by atoms with Crippen LogP contribution in [-0.2, 0) is 4.79 Å². The van der Waals surface area contributed by atoms with Gasteiger partial charge in [0.1, 0.15) is 11.2 Å². The quantitative estimate of drug-likeness (QED) is 0.759. The van der Waals surface area contributed by atoms with Gasteiger partial charge in [0.25, 0.3) is 11.5 Å². The molecular formula is C21H20N4O3. The first-order valence-corrected chi connectivity index (χ1v) is 9.25. The van der Waals surface area contributed by atoms with Gasteiger partial charge in [-0.2, -0.15) is 0 Å². The number of hydrogen-bond donors (Lipinski definition) is 1. The molecule has 1 N–H and O–H groups in total. The molecule has 1 aliphatic rings. The number of rotatable bonds is 3. The molecule has 1 fully saturated rings. The normalized spacial score (nSPS) is 16.7. The van der Waals surface area contributed by atoms with Crippen LogP contribution in [-0.4, -0.2) is 39.2 Å². The topological polar surface area (TPSA) is 83.8 Å². The second-order valence-electron chi connectivity index (χ2n) is 6.85. The zero-order valence-corrected chi connectivity index (χ0v) is 15.2. The highest BCUT2D eigenvalue weighted by Crippen LogP contribution is 2.20. The number of amides is 2. The Morgan fingerprint density at radius 3 is 2.68 bits per heavy atom. The fourth-order valence-electron chi connectivity index (χ4n) is 3.49. The number of piperidine rings is 1. The molecule has 142 valence electrons. The fraction of sp³-hybridized carbons (Fsp3) is 0.238. The van der Waals surface area contributed by atoms with E-state index in [-0.39, 0.29) is 29.8 Å². The number of para-hydroxylation sites is 1. The van der Waals surface area contributed by atoms with Crippen molar-refractivity contribution in [2.24, 2.45) is 5.92 Å². The first-order valence-electron chi connectivity index (χ1n) is 9.25. The van der Waals surface area contributed by atoms with Crippen LogP contribution in [0, 0.1) is 5.92 Å². The van der Waals surface area contributed by atoms with Crippen LogP contribution in [0.3, 0.4) is 0 Å². The van der Waals surface area contributed by atoms with Crippen LogP contribution in [0.5, 0.6) is 0 Å². The highest BCUT2D eigenvalue weighted by molar-refractivity contribution is 5.96. The molecule has 0 spiro atoms. The van der Waals surface area contributed by atoms with Crippen LogP contribution in [0.25, 0.3) is 5.65 Å². The van der Waals surface area contributed by atoms with Gasteiger partial charge in [-0.3, -0.25) is 18.8 Å². The van der Waals surface area contributed by atoms with Gasteiger partial charge in [0.15, 0.2) is 0 Å². The highest BCUT2D eigenvalue weighted by atomic mass is 16.2. The number of fused-ring (bicyclic) bond motifs is 1. The first kappa shape index (κ1) is 17.9. The van der Waals surface area contributed by atoms with Crippen LogP contribution < -0.4 is 10.9 Å². The maximum atomic E-state index is 12.9. The van der Waals surface area contributed by atoms with Crippen LogP contribution in [0.2, 0.25) is 0 Å². The van der Waals surface area contributed by atoms with E-state index in [2.05, 4.69) is 10.3 Å². The lowest BCUT2D eigenvalue weighted by Crippen LogP contribution is -2.45. The number of benzene rings is 1. The van der Waals surface area contributed by atoms with Crippen molar-refractivity contribution in [3.05, 3.63) is 76.8 Å². The summed E-state index contributed by atoms with van der Waals surface area (Å²) < 4.78 is 1.36. The molecular weight excluding hydrogens is 356 g/mol. The lowest BCUT2D eigenvalue weighted by Gasteiger charge is -2.32. The maximum absolute atomic E-state index is 12.9. The Bertz CT molecular complexity index is 1080. The zero-order chi connectivity index (χ0) is 19.5. The number of hydrogen-bond acceptors (Lipinski definition) is 4. The van der Waals surface area contributed by atoms with Gasteiger partial charge in [-0.05, 0) is 37.1 Å². The van der Waals surface area contributed by atoms with Crippen molar-refractivity contribution < 1.29 is 9.59 Å². The van der Waals surface area contributed by atoms with Gasteiger partial charge in [-0.1, -0.05) is 24.3 Å². The Morgan fingerprint density at radius 1 is 1.07 bits per heavy atom. The molecule has 3 aromatic rings. The monoisotopic (exact) mass is 376 g/mol. The van der Waals surface area contributed by atoms with Crippen molar-refractivity contribution in [3.63, 3.8) is 0 Å². The Balaban J connectivity index is 1.51. The lowest BCUT2D eigenvalue weighted by atomic mass is 9.96. The number of carbonyl (C=O) groups is 2. The summed E-state index contributed by atoms with van der Waals surface area (Å²) in [6.07, 6.45) is 4.33. The van der Waals surface area contributed by atoms with Crippen LogP contribution in [0.15, 0.2) is 65.7 Å². The average molecular weight is 376 g/mol. The lowest BCUT2D eigenvalue weighted by molar-refractivity contribution is -0.121. The van der Waals surface area contributed by atoms with Gasteiger partial charge in [-0.15, -0.1) is 0 Å². The second kappa shape index (κ2) is 7.64. The predicted octanol–water partition coefficient (Wildman–Crippen LogP) is 2.19. The summed E-state index contributed by atoms with van der Waals surface area (Å²) in [6.45, 7) is 0.805. The number of nitrogens with one attached hydrogen (secondary N) is 1. The summed E-state index contributed by atoms with van der Waals surface area (Å²) in [6, 6.07) is 14.4. The van der Waals surface area contributed by atoms with Crippen LogP contribution in [0.1, 0.15) is 23.2 Å². The molecule has 0 aliphatic carbocycles. The van der Waals surface area contributed by atoms with E-state index >= 15 is 0 Å². The Hall–Kier alpha value is -3.48. The minimum absolute atomic E-state index is 0.0211. The van der Waals surface area contributed by atoms with Crippen molar-refractivity contribution in [3.8, 4) is 0 Å². The van der Waals surface area contributed by atoms with E-state index in [9.17, 15) is 14.4 Å². The SMILES string of the molecule is O=C(Nc1ccccc1)C1CCCN(C(=O)c2cnc3ccccn3c2=O)C1. The standard InChI is InChI=1S/C21H20N4O3/c26-19(23-16-8-2-1-3-9-16)15-7-6-11-24(14-15)20(27)17-13-22-18-10-4-5-12-25(18)21(17)28/h1-5,8-10,12-13,15H,6-7,11,14H2,(H,23,26). The molecule has 0 radical (unpaired) electrons. The molecule has 2 aromatic heterocycles.